The molecule has 206 valence electrons. The second kappa shape index (κ2) is 21.2. The summed E-state index contributed by atoms with van der Waals surface area (Å²) in [6.07, 6.45) is 22.9. The molecule has 0 aliphatic carbocycles. The van der Waals surface area contributed by atoms with E-state index in [0.29, 0.717) is 6.61 Å². The Balaban J connectivity index is 0.000000867. The van der Waals surface area contributed by atoms with Crippen molar-refractivity contribution in [1.82, 2.24) is 0 Å². The second-order valence-corrected chi connectivity index (χ2v) is 12.1. The summed E-state index contributed by atoms with van der Waals surface area (Å²) in [6.45, 7) is 6.52. The van der Waals surface area contributed by atoms with Gasteiger partial charge < -0.3 is 14.1 Å². The van der Waals surface area contributed by atoms with Crippen LogP contribution in [0.25, 0.3) is 0 Å². The zero-order chi connectivity index (χ0) is 26.4. The van der Waals surface area contributed by atoms with Crippen LogP contribution in [-0.4, -0.2) is 56.4 Å². The summed E-state index contributed by atoms with van der Waals surface area (Å²) in [4.78, 5) is -0.178. The van der Waals surface area contributed by atoms with E-state index in [4.69, 9.17) is 5.11 Å². The number of rotatable bonds is 20. The Morgan fingerprint density at radius 2 is 1.06 bits per heavy atom. The number of benzene rings is 1. The number of aliphatic hydroxyl groups is 1. The van der Waals surface area contributed by atoms with E-state index in [1.54, 1.807) is 12.1 Å². The Kier molecular flexibility index (Phi) is 20.6. The fraction of sp³-hybridized carbons (Fsp3) is 0.793. The summed E-state index contributed by atoms with van der Waals surface area (Å²) < 4.78 is 32.1. The van der Waals surface area contributed by atoms with Crippen molar-refractivity contribution in [3.05, 3.63) is 29.8 Å². The molecule has 0 amide bonds. The quantitative estimate of drug-likeness (QED) is 0.113. The molecule has 0 unspecified atom stereocenters. The lowest BCUT2D eigenvalue weighted by atomic mass is 10.0. The van der Waals surface area contributed by atoms with Gasteiger partial charge in [-0.15, -0.1) is 0 Å². The van der Waals surface area contributed by atoms with Crippen LogP contribution >= 0.6 is 0 Å². The molecule has 1 N–H and O–H groups in total. The lowest BCUT2D eigenvalue weighted by Crippen LogP contribution is -2.42. The Morgan fingerprint density at radius 3 is 1.40 bits per heavy atom. The average Bonchev–Trinajstić information content (AvgIpc) is 2.79. The van der Waals surface area contributed by atoms with Gasteiger partial charge in [-0.3, -0.25) is 0 Å². The van der Waals surface area contributed by atoms with Crippen LogP contribution in [0, 0.1) is 6.92 Å². The average molecular weight is 514 g/mol. The third-order valence-corrected chi connectivity index (χ3v) is 7.48. The van der Waals surface area contributed by atoms with Gasteiger partial charge in [0.15, 0.2) is 0 Å². The summed E-state index contributed by atoms with van der Waals surface area (Å²) in [6, 6.07) is 5.78. The number of aliphatic hydroxyl groups excluding tert-OH is 1. The zero-order valence-corrected chi connectivity index (χ0v) is 24.1. The fourth-order valence-corrected chi connectivity index (χ4v) is 4.64. The summed E-state index contributed by atoms with van der Waals surface area (Å²) in [7, 11) is 0.178. The molecular formula is C29H55NO4S. The van der Waals surface area contributed by atoms with Crippen molar-refractivity contribution in [1.29, 1.82) is 0 Å². The molecule has 0 aromatic heterocycles. The molecule has 5 nitrogen and oxygen atoms in total. The molecule has 0 aliphatic rings. The first-order valence-electron chi connectivity index (χ1n) is 14.1. The minimum Gasteiger partial charge on any atom is -0.744 e. The van der Waals surface area contributed by atoms with Crippen molar-refractivity contribution in [2.75, 3.05) is 33.8 Å². The van der Waals surface area contributed by atoms with Gasteiger partial charge in [-0.1, -0.05) is 115 Å². The lowest BCUT2D eigenvalue weighted by molar-refractivity contribution is -0.890. The smallest absolute Gasteiger partial charge is 0.124 e. The minimum atomic E-state index is -4.27. The first-order valence-corrected chi connectivity index (χ1v) is 15.5. The number of likely N-dealkylation sites (N-methyl/N-ethyl adjacent to an activating group) is 1. The van der Waals surface area contributed by atoms with Crippen molar-refractivity contribution in [3.63, 3.8) is 0 Å². The fourth-order valence-electron chi connectivity index (χ4n) is 4.18. The number of hydrogen-bond donors (Lipinski definition) is 1. The van der Waals surface area contributed by atoms with Gasteiger partial charge in [0, 0.05) is 0 Å². The van der Waals surface area contributed by atoms with E-state index >= 15 is 0 Å². The van der Waals surface area contributed by atoms with Gasteiger partial charge in [0.2, 0.25) is 0 Å². The highest BCUT2D eigenvalue weighted by Gasteiger charge is 2.12. The highest BCUT2D eigenvalue weighted by molar-refractivity contribution is 7.85. The maximum absolute atomic E-state index is 10.4. The number of unbranched alkanes of at least 4 members (excludes halogenated alkanes) is 15. The summed E-state index contributed by atoms with van der Waals surface area (Å²) in [5.41, 5.74) is 0.928. The lowest BCUT2D eigenvalue weighted by Gasteiger charge is -2.28. The van der Waals surface area contributed by atoms with Crippen molar-refractivity contribution in [2.45, 2.75) is 121 Å². The molecule has 6 heteroatoms. The Hall–Kier alpha value is -0.950. The van der Waals surface area contributed by atoms with Gasteiger partial charge in [0.25, 0.3) is 0 Å². The molecule has 1 aromatic carbocycles. The molecule has 35 heavy (non-hydrogen) atoms. The molecule has 1 rings (SSSR count). The molecule has 0 fully saturated rings. The first-order chi connectivity index (χ1) is 16.6. The van der Waals surface area contributed by atoms with E-state index in [1.165, 1.54) is 121 Å². The van der Waals surface area contributed by atoms with Crippen LogP contribution in [0.3, 0.4) is 0 Å². The highest BCUT2D eigenvalue weighted by atomic mass is 32.2. The largest absolute Gasteiger partial charge is 0.744 e. The van der Waals surface area contributed by atoms with Crippen LogP contribution in [0.2, 0.25) is 0 Å². The SMILES string of the molecule is CCCCCCCCCCCCCCCCCC[N+](C)(C)CCO.Cc1ccc(S(=O)(=O)[O-])cc1. The zero-order valence-electron chi connectivity index (χ0n) is 23.3. The van der Waals surface area contributed by atoms with Crippen molar-refractivity contribution in [3.8, 4) is 0 Å². The van der Waals surface area contributed by atoms with Crippen molar-refractivity contribution < 1.29 is 22.6 Å². The van der Waals surface area contributed by atoms with Crippen LogP contribution in [-0.2, 0) is 10.1 Å². The highest BCUT2D eigenvalue weighted by Crippen LogP contribution is 2.14. The van der Waals surface area contributed by atoms with Crippen molar-refractivity contribution >= 4 is 10.1 Å². The van der Waals surface area contributed by atoms with E-state index in [2.05, 4.69) is 21.0 Å². The maximum Gasteiger partial charge on any atom is 0.124 e. The molecule has 0 heterocycles. The molecule has 0 saturated carbocycles. The molecule has 0 bridgehead atoms. The Morgan fingerprint density at radius 1 is 0.686 bits per heavy atom. The van der Waals surface area contributed by atoms with Gasteiger partial charge in [-0.2, -0.15) is 0 Å². The van der Waals surface area contributed by atoms with Gasteiger partial charge in [0.1, 0.15) is 16.7 Å². The molecule has 0 aliphatic heterocycles. The summed E-state index contributed by atoms with van der Waals surface area (Å²) >= 11 is 0. The first kappa shape index (κ1) is 34.0. The van der Waals surface area contributed by atoms with Gasteiger partial charge in [0.05, 0.1) is 32.1 Å². The van der Waals surface area contributed by atoms with Crippen LogP contribution in [0.5, 0.6) is 0 Å². The monoisotopic (exact) mass is 513 g/mol. The van der Waals surface area contributed by atoms with Crippen LogP contribution < -0.4 is 0 Å². The van der Waals surface area contributed by atoms with E-state index in [-0.39, 0.29) is 4.90 Å². The maximum atomic E-state index is 10.4. The molecule has 0 saturated heterocycles. The number of hydrogen-bond acceptors (Lipinski definition) is 4. The minimum absolute atomic E-state index is 0.178. The normalized spacial score (nSPS) is 11.8. The summed E-state index contributed by atoms with van der Waals surface area (Å²) in [5.74, 6) is 0. The Bertz CT molecular complexity index is 702. The molecule has 0 radical (unpaired) electrons. The molecule has 0 spiro atoms. The van der Waals surface area contributed by atoms with Crippen LogP contribution in [0.1, 0.15) is 115 Å². The third kappa shape index (κ3) is 22.0. The summed E-state index contributed by atoms with van der Waals surface area (Å²) in [5, 5.41) is 9.02. The van der Waals surface area contributed by atoms with E-state index < -0.39 is 10.1 Å². The van der Waals surface area contributed by atoms with Gasteiger partial charge >= 0.3 is 0 Å². The number of aryl methyl sites for hydroxylation is 1. The second-order valence-electron chi connectivity index (χ2n) is 10.7. The predicted octanol–water partition coefficient (Wildman–Crippen LogP) is 7.22. The van der Waals surface area contributed by atoms with Crippen molar-refractivity contribution in [2.24, 2.45) is 0 Å². The topological polar surface area (TPSA) is 77.4 Å². The molecule has 0 atom stereocenters. The number of quaternary nitrogens is 1. The Labute approximate surface area is 217 Å². The van der Waals surface area contributed by atoms with E-state index in [9.17, 15) is 13.0 Å². The predicted molar refractivity (Wildman–Crippen MR) is 148 cm³/mol. The van der Waals surface area contributed by atoms with E-state index in [0.717, 1.165) is 16.6 Å². The van der Waals surface area contributed by atoms with Gasteiger partial charge in [-0.25, -0.2) is 8.42 Å². The number of nitrogens with zero attached hydrogens (tertiary/aromatic N) is 1. The third-order valence-electron chi connectivity index (χ3n) is 6.63. The molecule has 1 aromatic rings. The standard InChI is InChI=1S/C22H48NO.C7H8O3S/c1-4-5-6-7-8-9-10-11-12-13-14-15-16-17-18-19-20-23(2,3)21-22-24;1-6-2-4-7(5-3-6)11(8,9)10/h24H,4-22H2,1-3H3;2-5H,1H3,(H,8,9,10)/q+1;/p-1. The van der Waals surface area contributed by atoms with Crippen LogP contribution in [0.15, 0.2) is 29.2 Å². The van der Waals surface area contributed by atoms with E-state index in [1.807, 2.05) is 6.92 Å². The van der Waals surface area contributed by atoms with Gasteiger partial charge in [-0.05, 0) is 31.9 Å². The van der Waals surface area contributed by atoms with Crippen LogP contribution in [0.4, 0.5) is 0 Å². The molecular weight excluding hydrogens is 458 g/mol.